The van der Waals surface area contributed by atoms with Crippen LogP contribution in [0.25, 0.3) is 0 Å². The highest BCUT2D eigenvalue weighted by Crippen LogP contribution is 2.19. The fourth-order valence-electron chi connectivity index (χ4n) is 3.61. The summed E-state index contributed by atoms with van der Waals surface area (Å²) in [5.41, 5.74) is 0.982. The normalized spacial score (nSPS) is 16.9. The van der Waals surface area contributed by atoms with Gasteiger partial charge in [0.25, 0.3) is 0 Å². The summed E-state index contributed by atoms with van der Waals surface area (Å²) in [6.07, 6.45) is 2.37. The van der Waals surface area contributed by atoms with Gasteiger partial charge in [0.1, 0.15) is 0 Å². The fraction of sp³-hybridized carbons (Fsp3) is 0.800. The smallest absolute Gasteiger partial charge is 0.191 e. The number of hydrogen-bond acceptors (Lipinski definition) is 5. The number of aromatic nitrogens is 1. The van der Waals surface area contributed by atoms with Crippen molar-refractivity contribution in [3.63, 3.8) is 0 Å². The van der Waals surface area contributed by atoms with Crippen molar-refractivity contribution in [3.05, 3.63) is 17.5 Å². The number of hydrogen-bond donors (Lipinski definition) is 2. The van der Waals surface area contributed by atoms with E-state index >= 15 is 0 Å². The SMILES string of the molecule is CCC(CC)C(CNC(=NC)NCc1cc(C(C)C)no1)N1CCOCC1.I. The molecular weight excluding hydrogens is 469 g/mol. The average molecular weight is 507 g/mol. The van der Waals surface area contributed by atoms with Gasteiger partial charge in [-0.15, -0.1) is 24.0 Å². The van der Waals surface area contributed by atoms with Gasteiger partial charge in [-0.05, 0) is 11.8 Å². The molecule has 0 aliphatic carbocycles. The molecule has 1 aliphatic heterocycles. The molecule has 1 atom stereocenters. The average Bonchev–Trinajstić information content (AvgIpc) is 3.17. The van der Waals surface area contributed by atoms with Gasteiger partial charge in [-0.25, -0.2) is 0 Å². The molecule has 28 heavy (non-hydrogen) atoms. The Labute approximate surface area is 187 Å². The highest BCUT2D eigenvalue weighted by Gasteiger charge is 2.27. The summed E-state index contributed by atoms with van der Waals surface area (Å²) in [6, 6.07) is 2.49. The van der Waals surface area contributed by atoms with Gasteiger partial charge in [-0.3, -0.25) is 9.89 Å². The molecule has 0 amide bonds. The van der Waals surface area contributed by atoms with Crippen LogP contribution < -0.4 is 10.6 Å². The van der Waals surface area contributed by atoms with Gasteiger partial charge in [-0.1, -0.05) is 45.7 Å². The number of aliphatic imine (C=N–C) groups is 1. The minimum atomic E-state index is 0. The van der Waals surface area contributed by atoms with Crippen molar-refractivity contribution in [2.75, 3.05) is 39.9 Å². The monoisotopic (exact) mass is 507 g/mol. The predicted molar refractivity (Wildman–Crippen MR) is 124 cm³/mol. The zero-order chi connectivity index (χ0) is 19.6. The number of halogens is 1. The Kier molecular flexibility index (Phi) is 12.0. The van der Waals surface area contributed by atoms with E-state index < -0.39 is 0 Å². The molecule has 8 heteroatoms. The van der Waals surface area contributed by atoms with Gasteiger partial charge in [-0.2, -0.15) is 0 Å². The second kappa shape index (κ2) is 13.4. The Morgan fingerprint density at radius 1 is 1.21 bits per heavy atom. The summed E-state index contributed by atoms with van der Waals surface area (Å²) in [5.74, 6) is 2.65. The lowest BCUT2D eigenvalue weighted by Crippen LogP contribution is -2.53. The van der Waals surface area contributed by atoms with Gasteiger partial charge < -0.3 is 19.9 Å². The Bertz CT molecular complexity index is 569. The number of nitrogens with zero attached hydrogens (tertiary/aromatic N) is 3. The Balaban J connectivity index is 0.00000392. The van der Waals surface area contributed by atoms with Crippen molar-refractivity contribution in [1.82, 2.24) is 20.7 Å². The topological polar surface area (TPSA) is 74.9 Å². The predicted octanol–water partition coefficient (Wildman–Crippen LogP) is 3.22. The Morgan fingerprint density at radius 2 is 1.89 bits per heavy atom. The van der Waals surface area contributed by atoms with E-state index in [2.05, 4.69) is 53.4 Å². The third-order valence-corrected chi connectivity index (χ3v) is 5.41. The van der Waals surface area contributed by atoms with Crippen molar-refractivity contribution < 1.29 is 9.26 Å². The van der Waals surface area contributed by atoms with Crippen LogP contribution in [0.4, 0.5) is 0 Å². The van der Waals surface area contributed by atoms with Crippen LogP contribution in [0, 0.1) is 5.92 Å². The van der Waals surface area contributed by atoms with E-state index in [1.54, 1.807) is 7.05 Å². The molecule has 7 nitrogen and oxygen atoms in total. The lowest BCUT2D eigenvalue weighted by molar-refractivity contribution is 0.00272. The first-order valence-electron chi connectivity index (χ1n) is 10.3. The standard InChI is InChI=1S/C20H37N5O2.HI/c1-6-16(7-2)19(25-8-10-26-11-9-25)14-23-20(21-5)22-13-17-12-18(15(3)4)24-27-17;/h12,15-16,19H,6-11,13-14H2,1-5H3,(H2,21,22,23);1H. The van der Waals surface area contributed by atoms with Crippen LogP contribution in [-0.2, 0) is 11.3 Å². The molecule has 2 rings (SSSR count). The molecule has 162 valence electrons. The fourth-order valence-corrected chi connectivity index (χ4v) is 3.61. The van der Waals surface area contributed by atoms with E-state index in [9.17, 15) is 0 Å². The van der Waals surface area contributed by atoms with E-state index in [-0.39, 0.29) is 24.0 Å². The van der Waals surface area contributed by atoms with Gasteiger partial charge >= 0.3 is 0 Å². The Hall–Kier alpha value is -0.870. The van der Waals surface area contributed by atoms with E-state index in [1.807, 2.05) is 6.07 Å². The number of guanidine groups is 1. The highest BCUT2D eigenvalue weighted by atomic mass is 127. The third-order valence-electron chi connectivity index (χ3n) is 5.41. The first-order valence-corrected chi connectivity index (χ1v) is 10.3. The van der Waals surface area contributed by atoms with Gasteiger partial charge in [0.15, 0.2) is 11.7 Å². The molecular formula is C20H38IN5O2. The maximum Gasteiger partial charge on any atom is 0.191 e. The van der Waals surface area contributed by atoms with Crippen molar-refractivity contribution in [3.8, 4) is 0 Å². The minimum Gasteiger partial charge on any atom is -0.379 e. The molecule has 2 N–H and O–H groups in total. The third kappa shape index (κ3) is 7.51. The van der Waals surface area contributed by atoms with E-state index in [4.69, 9.17) is 9.26 Å². The molecule has 0 saturated carbocycles. The molecule has 0 aromatic carbocycles. The molecule has 1 saturated heterocycles. The van der Waals surface area contributed by atoms with E-state index in [1.165, 1.54) is 12.8 Å². The highest BCUT2D eigenvalue weighted by molar-refractivity contribution is 14.0. The summed E-state index contributed by atoms with van der Waals surface area (Å²) in [5, 5.41) is 10.9. The summed E-state index contributed by atoms with van der Waals surface area (Å²) in [7, 11) is 1.80. The molecule has 1 unspecified atom stereocenters. The molecule has 0 spiro atoms. The lowest BCUT2D eigenvalue weighted by atomic mass is 9.92. The van der Waals surface area contributed by atoms with Crippen molar-refractivity contribution in [2.45, 2.75) is 59.0 Å². The number of nitrogens with one attached hydrogen (secondary N) is 2. The quantitative estimate of drug-likeness (QED) is 0.304. The zero-order valence-corrected chi connectivity index (χ0v) is 20.4. The van der Waals surface area contributed by atoms with Gasteiger partial charge in [0.05, 0.1) is 25.5 Å². The van der Waals surface area contributed by atoms with Crippen LogP contribution in [0.1, 0.15) is 57.9 Å². The maximum absolute atomic E-state index is 5.54. The maximum atomic E-state index is 5.54. The minimum absolute atomic E-state index is 0. The summed E-state index contributed by atoms with van der Waals surface area (Å²) in [6.45, 7) is 13.9. The molecule has 0 bridgehead atoms. The second-order valence-corrected chi connectivity index (χ2v) is 7.47. The zero-order valence-electron chi connectivity index (χ0n) is 18.0. The van der Waals surface area contributed by atoms with Gasteiger partial charge in [0, 0.05) is 38.8 Å². The molecule has 1 aromatic heterocycles. The Morgan fingerprint density at radius 3 is 2.43 bits per heavy atom. The summed E-state index contributed by atoms with van der Waals surface area (Å²) >= 11 is 0. The largest absolute Gasteiger partial charge is 0.379 e. The number of ether oxygens (including phenoxy) is 1. The van der Waals surface area contributed by atoms with Crippen LogP contribution >= 0.6 is 24.0 Å². The molecule has 1 aromatic rings. The van der Waals surface area contributed by atoms with Crippen LogP contribution in [0.15, 0.2) is 15.6 Å². The molecule has 1 aliphatic rings. The summed E-state index contributed by atoms with van der Waals surface area (Å²) < 4.78 is 10.9. The molecule has 0 radical (unpaired) electrons. The van der Waals surface area contributed by atoms with Crippen LogP contribution in [0.2, 0.25) is 0 Å². The first kappa shape index (κ1) is 25.2. The van der Waals surface area contributed by atoms with Crippen molar-refractivity contribution in [1.29, 1.82) is 0 Å². The van der Waals surface area contributed by atoms with Crippen LogP contribution in [-0.4, -0.2) is 62.0 Å². The second-order valence-electron chi connectivity index (χ2n) is 7.47. The molecule has 2 heterocycles. The van der Waals surface area contributed by atoms with E-state index in [0.717, 1.165) is 50.3 Å². The first-order chi connectivity index (χ1) is 13.1. The van der Waals surface area contributed by atoms with E-state index in [0.29, 0.717) is 24.4 Å². The lowest BCUT2D eigenvalue weighted by Gasteiger charge is -2.39. The number of morpholine rings is 1. The summed E-state index contributed by atoms with van der Waals surface area (Å²) in [4.78, 5) is 6.92. The number of rotatable bonds is 9. The van der Waals surface area contributed by atoms with Crippen molar-refractivity contribution in [2.24, 2.45) is 10.9 Å². The van der Waals surface area contributed by atoms with Crippen LogP contribution in [0.3, 0.4) is 0 Å². The van der Waals surface area contributed by atoms with Crippen molar-refractivity contribution >= 4 is 29.9 Å². The van der Waals surface area contributed by atoms with Gasteiger partial charge in [0.2, 0.25) is 0 Å². The van der Waals surface area contributed by atoms with Crippen LogP contribution in [0.5, 0.6) is 0 Å². The molecule has 1 fully saturated rings.